The summed E-state index contributed by atoms with van der Waals surface area (Å²) < 4.78 is 1.98. The lowest BCUT2D eigenvalue weighted by Crippen LogP contribution is -2.01. The normalized spacial score (nSPS) is 11.3. The highest BCUT2D eigenvalue weighted by atomic mass is 32.1. The lowest BCUT2D eigenvalue weighted by molar-refractivity contribution is 0.613. The third-order valence-corrected chi connectivity index (χ3v) is 4.39. The molecule has 0 bridgehead atoms. The standard InChI is InChI=1S/C16H15N8S/c1-9(2)24-8-21-10-6-19-14(5-11(10)24)22-13-3-4-18-15(23-13)12-7-20-16(17)25-12/h3-7,9H,1-2H3,(H2,17,20)(H,18,19,22,23). The molecule has 0 aliphatic carbocycles. The van der Waals surface area contributed by atoms with Gasteiger partial charge < -0.3 is 15.6 Å². The molecule has 0 aliphatic heterocycles. The fourth-order valence-corrected chi connectivity index (χ4v) is 3.04. The van der Waals surface area contributed by atoms with E-state index in [4.69, 9.17) is 5.73 Å². The molecule has 125 valence electrons. The Labute approximate surface area is 147 Å². The number of rotatable bonds is 4. The summed E-state index contributed by atoms with van der Waals surface area (Å²) in [5.41, 5.74) is 7.45. The molecule has 4 rings (SSSR count). The Kier molecular flexibility index (Phi) is 3.77. The van der Waals surface area contributed by atoms with Crippen LogP contribution in [0, 0.1) is 6.33 Å². The summed E-state index contributed by atoms with van der Waals surface area (Å²) >= 11 is 1.35. The van der Waals surface area contributed by atoms with Crippen LogP contribution in [0.2, 0.25) is 0 Å². The first-order valence-electron chi connectivity index (χ1n) is 7.67. The minimum absolute atomic E-state index is 0.266. The van der Waals surface area contributed by atoms with Crippen LogP contribution < -0.4 is 11.1 Å². The zero-order valence-corrected chi connectivity index (χ0v) is 14.4. The van der Waals surface area contributed by atoms with Gasteiger partial charge >= 0.3 is 0 Å². The molecular weight excluding hydrogens is 336 g/mol. The quantitative estimate of drug-likeness (QED) is 0.582. The second kappa shape index (κ2) is 6.10. The molecule has 1 radical (unpaired) electrons. The van der Waals surface area contributed by atoms with Gasteiger partial charge in [-0.2, -0.15) is 0 Å². The predicted octanol–water partition coefficient (Wildman–Crippen LogP) is 3.05. The van der Waals surface area contributed by atoms with E-state index in [2.05, 4.69) is 50.4 Å². The summed E-state index contributed by atoms with van der Waals surface area (Å²) in [6, 6.07) is 3.99. The van der Waals surface area contributed by atoms with E-state index in [1.54, 1.807) is 24.7 Å². The number of hydrogen-bond acceptors (Lipinski definition) is 8. The Morgan fingerprint density at radius 1 is 1.20 bits per heavy atom. The summed E-state index contributed by atoms with van der Waals surface area (Å²) in [7, 11) is 0. The summed E-state index contributed by atoms with van der Waals surface area (Å²) in [6.07, 6.45) is 8.07. The van der Waals surface area contributed by atoms with Crippen LogP contribution in [0.1, 0.15) is 19.9 Å². The maximum Gasteiger partial charge on any atom is 0.180 e. The first-order chi connectivity index (χ1) is 12.1. The number of anilines is 3. The molecular formula is C16H15N8S. The first-order valence-corrected chi connectivity index (χ1v) is 8.49. The van der Waals surface area contributed by atoms with Crippen LogP contribution in [0.4, 0.5) is 16.8 Å². The molecule has 4 heterocycles. The minimum atomic E-state index is 0.266. The molecule has 3 N–H and O–H groups in total. The van der Waals surface area contributed by atoms with Crippen molar-refractivity contribution in [2.75, 3.05) is 11.1 Å². The molecule has 9 heteroatoms. The van der Waals surface area contributed by atoms with E-state index in [1.807, 2.05) is 10.6 Å². The number of fused-ring (bicyclic) bond motifs is 1. The minimum Gasteiger partial charge on any atom is -0.375 e. The van der Waals surface area contributed by atoms with Crippen molar-refractivity contribution in [1.82, 2.24) is 29.5 Å². The molecule has 0 fully saturated rings. The van der Waals surface area contributed by atoms with E-state index in [1.165, 1.54) is 11.3 Å². The molecule has 0 amide bonds. The Morgan fingerprint density at radius 2 is 2.08 bits per heavy atom. The van der Waals surface area contributed by atoms with Crippen LogP contribution >= 0.6 is 11.3 Å². The van der Waals surface area contributed by atoms with Gasteiger partial charge in [-0.15, -0.1) is 0 Å². The van der Waals surface area contributed by atoms with Crippen LogP contribution in [0.25, 0.3) is 21.7 Å². The fourth-order valence-electron chi connectivity index (χ4n) is 2.41. The van der Waals surface area contributed by atoms with Gasteiger partial charge in [-0.25, -0.2) is 24.9 Å². The predicted molar refractivity (Wildman–Crippen MR) is 97.6 cm³/mol. The molecule has 0 atom stereocenters. The van der Waals surface area contributed by atoms with Gasteiger partial charge in [-0.05, 0) is 19.9 Å². The number of pyridine rings is 1. The number of aromatic nitrogens is 6. The van der Waals surface area contributed by atoms with Gasteiger partial charge in [0, 0.05) is 18.3 Å². The average Bonchev–Trinajstić information content (AvgIpc) is 3.21. The first kappa shape index (κ1) is 15.5. The summed E-state index contributed by atoms with van der Waals surface area (Å²) in [6.45, 7) is 4.17. The van der Waals surface area contributed by atoms with E-state index >= 15 is 0 Å². The Hall–Kier alpha value is -3.07. The van der Waals surface area contributed by atoms with Crippen LogP contribution in [-0.2, 0) is 0 Å². The molecule has 0 spiro atoms. The Bertz CT molecular complexity index is 1040. The second-order valence-electron chi connectivity index (χ2n) is 5.69. The lowest BCUT2D eigenvalue weighted by Gasteiger charge is -2.09. The maximum absolute atomic E-state index is 5.67. The monoisotopic (exact) mass is 351 g/mol. The molecule has 0 saturated heterocycles. The topological polar surface area (TPSA) is 107 Å². The van der Waals surface area contributed by atoms with Crippen molar-refractivity contribution < 1.29 is 0 Å². The zero-order chi connectivity index (χ0) is 17.4. The molecule has 0 aliphatic rings. The third-order valence-electron chi connectivity index (χ3n) is 3.57. The van der Waals surface area contributed by atoms with Gasteiger partial charge in [-0.1, -0.05) is 11.3 Å². The number of hydrogen-bond donors (Lipinski definition) is 2. The lowest BCUT2D eigenvalue weighted by atomic mass is 10.3. The van der Waals surface area contributed by atoms with Gasteiger partial charge in [0.25, 0.3) is 0 Å². The molecule has 25 heavy (non-hydrogen) atoms. The number of thiazole rings is 1. The zero-order valence-electron chi connectivity index (χ0n) is 13.6. The van der Waals surface area contributed by atoms with Crippen LogP contribution in [0.3, 0.4) is 0 Å². The number of nitrogens with zero attached hydrogens (tertiary/aromatic N) is 6. The molecule has 0 unspecified atom stereocenters. The van der Waals surface area contributed by atoms with Gasteiger partial charge in [0.2, 0.25) is 0 Å². The number of nitrogen functional groups attached to an aromatic ring is 1. The third kappa shape index (κ3) is 3.01. The van der Waals surface area contributed by atoms with E-state index < -0.39 is 0 Å². The highest BCUT2D eigenvalue weighted by Gasteiger charge is 2.10. The molecule has 8 nitrogen and oxygen atoms in total. The number of imidazole rings is 1. The van der Waals surface area contributed by atoms with Crippen molar-refractivity contribution in [2.24, 2.45) is 0 Å². The molecule has 4 aromatic rings. The highest BCUT2D eigenvalue weighted by Crippen LogP contribution is 2.26. The largest absolute Gasteiger partial charge is 0.375 e. The molecule has 0 aromatic carbocycles. The van der Waals surface area contributed by atoms with Crippen LogP contribution in [-0.4, -0.2) is 29.5 Å². The summed E-state index contributed by atoms with van der Waals surface area (Å²) in [5, 5.41) is 3.69. The van der Waals surface area contributed by atoms with Gasteiger partial charge in [0.05, 0.1) is 22.8 Å². The Morgan fingerprint density at radius 3 is 2.84 bits per heavy atom. The Balaban J connectivity index is 1.66. The van der Waals surface area contributed by atoms with Crippen LogP contribution in [0.5, 0.6) is 0 Å². The SMILES string of the molecule is CC(C)n1[c]nc2cnc(Nc3ccnc(-c4cnc(N)s4)n3)cc21. The second-order valence-corrected chi connectivity index (χ2v) is 6.75. The molecule has 4 aromatic heterocycles. The maximum atomic E-state index is 5.67. The van der Waals surface area contributed by atoms with Crippen molar-refractivity contribution in [3.05, 3.63) is 37.1 Å². The highest BCUT2D eigenvalue weighted by molar-refractivity contribution is 7.18. The number of nitrogens with one attached hydrogen (secondary N) is 1. The van der Waals surface area contributed by atoms with E-state index in [9.17, 15) is 0 Å². The van der Waals surface area contributed by atoms with Crippen molar-refractivity contribution in [2.45, 2.75) is 19.9 Å². The van der Waals surface area contributed by atoms with Crippen molar-refractivity contribution in [3.8, 4) is 10.7 Å². The summed E-state index contributed by atoms with van der Waals surface area (Å²) in [5.74, 6) is 1.89. The average molecular weight is 351 g/mol. The van der Waals surface area contributed by atoms with Crippen molar-refractivity contribution >= 4 is 39.1 Å². The summed E-state index contributed by atoms with van der Waals surface area (Å²) in [4.78, 5) is 22.2. The van der Waals surface area contributed by atoms with Crippen molar-refractivity contribution in [1.29, 1.82) is 0 Å². The van der Waals surface area contributed by atoms with E-state index in [0.29, 0.717) is 22.6 Å². The van der Waals surface area contributed by atoms with Gasteiger partial charge in [0.15, 0.2) is 17.3 Å². The van der Waals surface area contributed by atoms with Crippen LogP contribution in [0.15, 0.2) is 30.7 Å². The van der Waals surface area contributed by atoms with Crippen molar-refractivity contribution in [3.63, 3.8) is 0 Å². The molecule has 0 saturated carbocycles. The van der Waals surface area contributed by atoms with E-state index in [-0.39, 0.29) is 6.04 Å². The van der Waals surface area contributed by atoms with Gasteiger partial charge in [0.1, 0.15) is 17.2 Å². The van der Waals surface area contributed by atoms with Gasteiger partial charge in [-0.3, -0.25) is 0 Å². The number of nitrogens with two attached hydrogens (primary N) is 1. The smallest absolute Gasteiger partial charge is 0.180 e. The van der Waals surface area contributed by atoms with E-state index in [0.717, 1.165) is 15.9 Å². The fraction of sp³-hybridized carbons (Fsp3) is 0.188.